The number of amides is 1. The summed E-state index contributed by atoms with van der Waals surface area (Å²) in [6.07, 6.45) is 8.75. The Morgan fingerprint density at radius 1 is 1.24 bits per heavy atom. The van der Waals surface area contributed by atoms with Crippen LogP contribution in [0, 0.1) is 5.82 Å². The third-order valence-electron chi connectivity index (χ3n) is 5.62. The van der Waals surface area contributed by atoms with Crippen LogP contribution in [0.4, 0.5) is 10.2 Å². The highest BCUT2D eigenvalue weighted by Crippen LogP contribution is 2.41. The molecule has 4 heterocycles. The Labute approximate surface area is 174 Å². The number of hydrogen-bond acceptors (Lipinski definition) is 6. The van der Waals surface area contributed by atoms with E-state index in [4.69, 9.17) is 4.42 Å². The maximum atomic E-state index is 14.6. The lowest BCUT2D eigenvalue weighted by Gasteiger charge is -2.26. The van der Waals surface area contributed by atoms with Gasteiger partial charge >= 0.3 is 0 Å². The highest BCUT2D eigenvalue weighted by molar-refractivity contribution is 9.10. The molecule has 2 aromatic heterocycles. The van der Waals surface area contributed by atoms with Gasteiger partial charge in [-0.25, -0.2) is 19.3 Å². The molecule has 1 amide bonds. The van der Waals surface area contributed by atoms with Crippen LogP contribution < -0.4 is 5.32 Å². The predicted octanol–water partition coefficient (Wildman–Crippen LogP) is 3.89. The molecule has 2 fully saturated rings. The summed E-state index contributed by atoms with van der Waals surface area (Å²) in [4.78, 5) is 27.9. The SMILES string of the molecule is O=C(c1cccc(F)c1-c1ncco1)N1[C@@H]2CC[C@H]1[C@H](Nc1cnc(Br)cn1)C2. The van der Waals surface area contributed by atoms with Gasteiger partial charge in [-0.15, -0.1) is 0 Å². The van der Waals surface area contributed by atoms with Crippen LogP contribution in [0.5, 0.6) is 0 Å². The Morgan fingerprint density at radius 2 is 2.14 bits per heavy atom. The van der Waals surface area contributed by atoms with Crippen molar-refractivity contribution in [3.8, 4) is 11.5 Å². The molecule has 2 aliphatic heterocycles. The molecule has 7 nitrogen and oxygen atoms in total. The lowest BCUT2D eigenvalue weighted by Crippen LogP contribution is -2.40. The van der Waals surface area contributed by atoms with Crippen LogP contribution in [0.25, 0.3) is 11.5 Å². The number of anilines is 1. The molecule has 0 unspecified atom stereocenters. The van der Waals surface area contributed by atoms with Crippen molar-refractivity contribution in [3.63, 3.8) is 0 Å². The first kappa shape index (κ1) is 18.2. The summed E-state index contributed by atoms with van der Waals surface area (Å²) < 4.78 is 20.5. The van der Waals surface area contributed by atoms with Gasteiger partial charge in [0, 0.05) is 6.04 Å². The second-order valence-corrected chi connectivity index (χ2v) is 8.03. The number of carbonyl (C=O) groups excluding carboxylic acids is 1. The van der Waals surface area contributed by atoms with Crippen molar-refractivity contribution in [1.82, 2.24) is 19.9 Å². The van der Waals surface area contributed by atoms with E-state index in [1.165, 1.54) is 18.5 Å². The van der Waals surface area contributed by atoms with Gasteiger partial charge in [0.1, 0.15) is 22.5 Å². The zero-order valence-corrected chi connectivity index (χ0v) is 16.8. The molecule has 5 rings (SSSR count). The average molecular weight is 458 g/mol. The lowest BCUT2D eigenvalue weighted by molar-refractivity contribution is 0.0727. The molecular weight excluding hydrogens is 441 g/mol. The number of oxazole rings is 1. The monoisotopic (exact) mass is 457 g/mol. The Balaban J connectivity index is 1.43. The molecule has 148 valence electrons. The van der Waals surface area contributed by atoms with E-state index in [0.717, 1.165) is 19.3 Å². The molecule has 0 aliphatic carbocycles. The van der Waals surface area contributed by atoms with E-state index in [2.05, 4.69) is 36.2 Å². The molecule has 3 aromatic rings. The molecule has 0 radical (unpaired) electrons. The van der Waals surface area contributed by atoms with Gasteiger partial charge in [-0.1, -0.05) is 6.07 Å². The number of nitrogens with zero attached hydrogens (tertiary/aromatic N) is 4. The van der Waals surface area contributed by atoms with Gasteiger partial charge in [0.2, 0.25) is 5.89 Å². The second kappa shape index (κ2) is 7.22. The maximum Gasteiger partial charge on any atom is 0.255 e. The van der Waals surface area contributed by atoms with Gasteiger partial charge in [-0.2, -0.15) is 0 Å². The first-order valence-electron chi connectivity index (χ1n) is 9.37. The Hall–Kier alpha value is -2.81. The number of hydrogen-bond donors (Lipinski definition) is 1. The fourth-order valence-corrected chi connectivity index (χ4v) is 4.65. The number of carbonyl (C=O) groups is 1. The molecule has 2 bridgehead atoms. The summed E-state index contributed by atoms with van der Waals surface area (Å²) in [5, 5.41) is 3.40. The van der Waals surface area contributed by atoms with E-state index in [0.29, 0.717) is 10.4 Å². The van der Waals surface area contributed by atoms with Crippen LogP contribution in [0.3, 0.4) is 0 Å². The van der Waals surface area contributed by atoms with Gasteiger partial charge in [0.25, 0.3) is 5.91 Å². The van der Waals surface area contributed by atoms with Crippen LogP contribution in [0.2, 0.25) is 0 Å². The summed E-state index contributed by atoms with van der Waals surface area (Å²) in [6.45, 7) is 0. The molecule has 0 spiro atoms. The van der Waals surface area contributed by atoms with E-state index in [9.17, 15) is 9.18 Å². The van der Waals surface area contributed by atoms with Gasteiger partial charge < -0.3 is 14.6 Å². The Bertz CT molecular complexity index is 1040. The standard InChI is InChI=1S/C20H17BrFN5O2/c21-16-9-25-17(10-24-16)26-14-8-11-4-5-15(14)27(11)20(28)12-2-1-3-13(22)18(12)19-23-6-7-29-19/h1-3,6-7,9-11,14-15H,4-5,8H2,(H,25,26)/t11-,14-,15+/m1/s1. The highest BCUT2D eigenvalue weighted by atomic mass is 79.9. The quantitative estimate of drug-likeness (QED) is 0.639. The molecular formula is C20H17BrFN5O2. The zero-order chi connectivity index (χ0) is 20.0. The van der Waals surface area contributed by atoms with Crippen LogP contribution in [0.15, 0.2) is 52.1 Å². The summed E-state index contributed by atoms with van der Waals surface area (Å²) in [5.74, 6) is 0.0585. The highest BCUT2D eigenvalue weighted by Gasteiger charge is 2.49. The molecule has 2 saturated heterocycles. The van der Waals surface area contributed by atoms with Gasteiger partial charge in [-0.05, 0) is 47.3 Å². The Kier molecular flexibility index (Phi) is 4.54. The number of benzene rings is 1. The molecule has 2 aliphatic rings. The van der Waals surface area contributed by atoms with Crippen molar-refractivity contribution in [2.24, 2.45) is 0 Å². The molecule has 1 N–H and O–H groups in total. The zero-order valence-electron chi connectivity index (χ0n) is 15.3. The molecule has 1 aromatic carbocycles. The van der Waals surface area contributed by atoms with E-state index >= 15 is 0 Å². The normalized spacial score (nSPS) is 22.8. The van der Waals surface area contributed by atoms with Crippen LogP contribution in [-0.2, 0) is 0 Å². The minimum atomic E-state index is -0.523. The third kappa shape index (κ3) is 3.19. The molecule has 3 atom stereocenters. The molecule has 0 saturated carbocycles. The summed E-state index contributed by atoms with van der Waals surface area (Å²) in [5.41, 5.74) is 0.380. The van der Waals surface area contributed by atoms with Crippen molar-refractivity contribution in [1.29, 1.82) is 0 Å². The number of aromatic nitrogens is 3. The smallest absolute Gasteiger partial charge is 0.255 e. The van der Waals surface area contributed by atoms with Crippen LogP contribution in [0.1, 0.15) is 29.6 Å². The fraction of sp³-hybridized carbons (Fsp3) is 0.300. The number of nitrogens with one attached hydrogen (secondary N) is 1. The number of rotatable bonds is 4. The minimum Gasteiger partial charge on any atom is -0.444 e. The van der Waals surface area contributed by atoms with Crippen LogP contribution >= 0.6 is 15.9 Å². The molecule has 9 heteroatoms. The second-order valence-electron chi connectivity index (χ2n) is 7.22. The van der Waals surface area contributed by atoms with Gasteiger partial charge in [0.05, 0.1) is 41.8 Å². The first-order chi connectivity index (χ1) is 14.1. The maximum absolute atomic E-state index is 14.6. The van der Waals surface area contributed by atoms with Gasteiger partial charge in [0.15, 0.2) is 0 Å². The largest absolute Gasteiger partial charge is 0.444 e. The van der Waals surface area contributed by atoms with Gasteiger partial charge in [-0.3, -0.25) is 4.79 Å². The van der Waals surface area contributed by atoms with Crippen molar-refractivity contribution < 1.29 is 13.6 Å². The van der Waals surface area contributed by atoms with Crippen molar-refractivity contribution in [3.05, 3.63) is 59.0 Å². The third-order valence-corrected chi connectivity index (χ3v) is 6.02. The van der Waals surface area contributed by atoms with E-state index in [1.807, 2.05) is 4.90 Å². The molecule has 29 heavy (non-hydrogen) atoms. The minimum absolute atomic E-state index is 0.0126. The number of halogens is 2. The fourth-order valence-electron chi connectivity index (χ4n) is 4.44. The summed E-state index contributed by atoms with van der Waals surface area (Å²) in [7, 11) is 0. The first-order valence-corrected chi connectivity index (χ1v) is 10.2. The average Bonchev–Trinajstić information content (AvgIpc) is 3.45. The van der Waals surface area contributed by atoms with Crippen molar-refractivity contribution in [2.45, 2.75) is 37.4 Å². The topological polar surface area (TPSA) is 84.2 Å². The van der Waals surface area contributed by atoms with Crippen molar-refractivity contribution in [2.75, 3.05) is 5.32 Å². The van der Waals surface area contributed by atoms with E-state index in [1.54, 1.807) is 24.5 Å². The predicted molar refractivity (Wildman–Crippen MR) is 107 cm³/mol. The van der Waals surface area contributed by atoms with Crippen LogP contribution in [-0.4, -0.2) is 43.9 Å². The Morgan fingerprint density at radius 3 is 2.90 bits per heavy atom. The lowest BCUT2D eigenvalue weighted by atomic mass is 9.95. The number of fused-ring (bicyclic) bond motifs is 2. The van der Waals surface area contributed by atoms with Crippen molar-refractivity contribution >= 4 is 27.7 Å². The van der Waals surface area contributed by atoms with E-state index < -0.39 is 5.82 Å². The summed E-state index contributed by atoms with van der Waals surface area (Å²) in [6, 6.07) is 4.68. The summed E-state index contributed by atoms with van der Waals surface area (Å²) >= 11 is 3.28. The van der Waals surface area contributed by atoms with E-state index in [-0.39, 0.29) is 41.1 Å².